The van der Waals surface area contributed by atoms with Gasteiger partial charge in [-0.05, 0) is 54.9 Å². The van der Waals surface area contributed by atoms with Crippen LogP contribution in [0.3, 0.4) is 0 Å². The molecule has 236 valence electrons. The Morgan fingerprint density at radius 2 is 1.80 bits per heavy atom. The summed E-state index contributed by atoms with van der Waals surface area (Å²) >= 11 is 0. The Kier molecular flexibility index (Phi) is 8.27. The SMILES string of the molecule is CCCc1c(Cc2ccc(-c3ccccc3)c(C3=NNC(=O)C3)c2)c(=O)n(C2CCC(OCC3=NCC(=O)N3)CC2)c2ncnn12. The van der Waals surface area contributed by atoms with Crippen molar-refractivity contribution in [2.45, 2.75) is 70.4 Å². The highest BCUT2D eigenvalue weighted by atomic mass is 16.5. The van der Waals surface area contributed by atoms with E-state index in [1.165, 1.54) is 6.33 Å². The molecule has 1 fully saturated rings. The van der Waals surface area contributed by atoms with Crippen LogP contribution in [0.15, 0.2) is 69.7 Å². The van der Waals surface area contributed by atoms with Crippen molar-refractivity contribution in [2.24, 2.45) is 10.1 Å². The summed E-state index contributed by atoms with van der Waals surface area (Å²) in [4.78, 5) is 46.8. The van der Waals surface area contributed by atoms with Gasteiger partial charge in [0.2, 0.25) is 17.6 Å². The van der Waals surface area contributed by atoms with Crippen LogP contribution in [0.4, 0.5) is 0 Å². The Morgan fingerprint density at radius 3 is 2.52 bits per heavy atom. The zero-order valence-corrected chi connectivity index (χ0v) is 25.7. The number of amidine groups is 1. The van der Waals surface area contributed by atoms with Gasteiger partial charge in [-0.1, -0.05) is 55.8 Å². The van der Waals surface area contributed by atoms with E-state index < -0.39 is 0 Å². The number of hydrogen-bond acceptors (Lipinski definition) is 8. The lowest BCUT2D eigenvalue weighted by molar-refractivity contribution is -0.119. The first-order valence-corrected chi connectivity index (χ1v) is 15.9. The smallest absolute Gasteiger partial charge is 0.259 e. The molecule has 7 rings (SSSR count). The topological polar surface area (TPSA) is 144 Å². The third-order valence-corrected chi connectivity index (χ3v) is 8.98. The average molecular weight is 621 g/mol. The maximum absolute atomic E-state index is 14.5. The standard InChI is InChI=1S/C34H36N8O4/c1-2-6-29-27(16-21-9-14-25(22-7-4-3-5-8-22)26(15-21)28-17-31(43)40-39-28)33(45)41(34-36-20-37-42(29)34)23-10-12-24(13-11-23)46-19-30-35-18-32(44)38-30/h3-5,7-9,14-15,20,23-24H,2,6,10-13,16-19H2,1H3,(H,40,43)(H,35,38,44). The highest BCUT2D eigenvalue weighted by Gasteiger charge is 2.29. The molecule has 2 aromatic carbocycles. The molecule has 3 aliphatic rings. The van der Waals surface area contributed by atoms with Crippen molar-refractivity contribution in [3.63, 3.8) is 0 Å². The lowest BCUT2D eigenvalue weighted by Gasteiger charge is -2.30. The molecule has 1 aliphatic carbocycles. The Morgan fingerprint density at radius 1 is 0.978 bits per heavy atom. The number of aromatic nitrogens is 4. The molecular formula is C34H36N8O4. The second kappa shape index (κ2) is 12.8. The van der Waals surface area contributed by atoms with E-state index in [0.29, 0.717) is 35.7 Å². The number of benzene rings is 2. The number of aliphatic imine (C=N–C) groups is 1. The summed E-state index contributed by atoms with van der Waals surface area (Å²) in [7, 11) is 0. The molecule has 2 N–H and O–H groups in total. The fraction of sp³-hybridized carbons (Fsp3) is 0.382. The molecule has 2 amide bonds. The number of hydrazone groups is 1. The first kappa shape index (κ1) is 29.7. The van der Waals surface area contributed by atoms with Crippen LogP contribution >= 0.6 is 0 Å². The first-order valence-electron chi connectivity index (χ1n) is 15.9. The number of nitrogens with one attached hydrogen (secondary N) is 2. The molecule has 1 saturated carbocycles. The highest BCUT2D eigenvalue weighted by Crippen LogP contribution is 2.32. The summed E-state index contributed by atoms with van der Waals surface area (Å²) in [6, 6.07) is 16.2. The van der Waals surface area contributed by atoms with Crippen LogP contribution in [0.1, 0.15) is 73.9 Å². The lowest BCUT2D eigenvalue weighted by atomic mass is 9.91. The van der Waals surface area contributed by atoms with E-state index in [1.807, 2.05) is 39.4 Å². The van der Waals surface area contributed by atoms with Crippen molar-refractivity contribution in [1.82, 2.24) is 29.9 Å². The van der Waals surface area contributed by atoms with Crippen LogP contribution < -0.4 is 16.3 Å². The van der Waals surface area contributed by atoms with Gasteiger partial charge in [0.25, 0.3) is 5.56 Å². The van der Waals surface area contributed by atoms with Gasteiger partial charge in [-0.2, -0.15) is 15.2 Å². The van der Waals surface area contributed by atoms with Crippen molar-refractivity contribution in [1.29, 1.82) is 0 Å². The van der Waals surface area contributed by atoms with Gasteiger partial charge in [0, 0.05) is 23.6 Å². The van der Waals surface area contributed by atoms with Crippen LogP contribution in [0.2, 0.25) is 0 Å². The second-order valence-corrected chi connectivity index (χ2v) is 12.1. The zero-order valence-electron chi connectivity index (χ0n) is 25.7. The number of aryl methyl sites for hydroxylation is 1. The minimum Gasteiger partial charge on any atom is -0.370 e. The molecule has 0 bridgehead atoms. The lowest BCUT2D eigenvalue weighted by Crippen LogP contribution is -2.36. The summed E-state index contributed by atoms with van der Waals surface area (Å²) < 4.78 is 9.73. The Labute approximate surface area is 265 Å². The molecule has 4 heterocycles. The van der Waals surface area contributed by atoms with Crippen molar-refractivity contribution in [3.05, 3.63) is 87.6 Å². The summed E-state index contributed by atoms with van der Waals surface area (Å²) in [5.74, 6) is 0.898. The Hall–Kier alpha value is -4.97. The van der Waals surface area contributed by atoms with E-state index in [2.05, 4.69) is 56.0 Å². The molecule has 0 unspecified atom stereocenters. The zero-order chi connectivity index (χ0) is 31.6. The molecule has 2 aromatic heterocycles. The van der Waals surface area contributed by atoms with Gasteiger partial charge >= 0.3 is 0 Å². The van der Waals surface area contributed by atoms with Crippen LogP contribution in [0, 0.1) is 0 Å². The Balaban J connectivity index is 1.21. The van der Waals surface area contributed by atoms with Gasteiger partial charge < -0.3 is 10.1 Å². The van der Waals surface area contributed by atoms with Gasteiger partial charge in [-0.15, -0.1) is 0 Å². The maximum atomic E-state index is 14.5. The van der Waals surface area contributed by atoms with Crippen molar-refractivity contribution >= 4 is 29.1 Å². The van der Waals surface area contributed by atoms with E-state index in [0.717, 1.165) is 60.1 Å². The van der Waals surface area contributed by atoms with Gasteiger partial charge in [0.05, 0.1) is 23.9 Å². The van der Waals surface area contributed by atoms with Gasteiger partial charge in [0.15, 0.2) is 0 Å². The predicted molar refractivity (Wildman–Crippen MR) is 173 cm³/mol. The summed E-state index contributed by atoms with van der Waals surface area (Å²) in [5, 5.41) is 11.6. The minimum atomic E-state index is -0.136. The number of ether oxygens (including phenoxy) is 1. The molecule has 0 spiro atoms. The molecule has 12 nitrogen and oxygen atoms in total. The second-order valence-electron chi connectivity index (χ2n) is 12.1. The average Bonchev–Trinajstić information content (AvgIpc) is 3.84. The third-order valence-electron chi connectivity index (χ3n) is 8.98. The van der Waals surface area contributed by atoms with Gasteiger partial charge in [0.1, 0.15) is 25.3 Å². The summed E-state index contributed by atoms with van der Waals surface area (Å²) in [6.07, 6.45) is 6.78. The van der Waals surface area contributed by atoms with Crippen molar-refractivity contribution in [2.75, 3.05) is 13.2 Å². The molecule has 0 radical (unpaired) electrons. The quantitative estimate of drug-likeness (QED) is 0.278. The largest absolute Gasteiger partial charge is 0.370 e. The number of hydrogen-bond donors (Lipinski definition) is 2. The normalized spacial score (nSPS) is 19.7. The van der Waals surface area contributed by atoms with E-state index >= 15 is 0 Å². The maximum Gasteiger partial charge on any atom is 0.259 e. The number of carbonyl (C=O) groups excluding carboxylic acids is 2. The fourth-order valence-electron chi connectivity index (χ4n) is 6.76. The molecule has 46 heavy (non-hydrogen) atoms. The highest BCUT2D eigenvalue weighted by molar-refractivity contribution is 6.16. The summed E-state index contributed by atoms with van der Waals surface area (Å²) in [6.45, 7) is 2.53. The van der Waals surface area contributed by atoms with E-state index in [1.54, 1.807) is 0 Å². The molecule has 2 aliphatic heterocycles. The van der Waals surface area contributed by atoms with E-state index in [-0.39, 0.29) is 49.1 Å². The van der Waals surface area contributed by atoms with Crippen LogP contribution in [0.25, 0.3) is 16.9 Å². The third kappa shape index (κ3) is 5.87. The van der Waals surface area contributed by atoms with Crippen LogP contribution in [-0.4, -0.2) is 61.8 Å². The Bertz CT molecular complexity index is 1920. The van der Waals surface area contributed by atoms with E-state index in [4.69, 9.17) is 4.74 Å². The molecule has 0 saturated heterocycles. The van der Waals surface area contributed by atoms with Crippen LogP contribution in [-0.2, 0) is 27.2 Å². The number of amides is 2. The van der Waals surface area contributed by atoms with Crippen molar-refractivity contribution in [3.8, 4) is 11.1 Å². The number of carbonyl (C=O) groups is 2. The first-order chi connectivity index (χ1) is 22.5. The summed E-state index contributed by atoms with van der Waals surface area (Å²) in [5.41, 5.74) is 8.65. The molecule has 4 aromatic rings. The van der Waals surface area contributed by atoms with Gasteiger partial charge in [-0.3, -0.25) is 23.9 Å². The molecule has 12 heteroatoms. The predicted octanol–water partition coefficient (Wildman–Crippen LogP) is 3.35. The number of rotatable bonds is 10. The van der Waals surface area contributed by atoms with Gasteiger partial charge in [-0.25, -0.2) is 9.94 Å². The number of fused-ring (bicyclic) bond motifs is 1. The van der Waals surface area contributed by atoms with E-state index in [9.17, 15) is 14.4 Å². The monoisotopic (exact) mass is 620 g/mol. The molecular weight excluding hydrogens is 584 g/mol. The number of nitrogens with zero attached hydrogens (tertiary/aromatic N) is 6. The fourth-order valence-corrected chi connectivity index (χ4v) is 6.76. The minimum absolute atomic E-state index is 0.0290. The van der Waals surface area contributed by atoms with Crippen LogP contribution in [0.5, 0.6) is 0 Å². The van der Waals surface area contributed by atoms with Crippen molar-refractivity contribution < 1.29 is 14.3 Å². The molecule has 0 atom stereocenters.